The van der Waals surface area contributed by atoms with Gasteiger partial charge in [0.25, 0.3) is 5.91 Å². The van der Waals surface area contributed by atoms with Crippen LogP contribution in [0, 0.1) is 10.1 Å². The smallest absolute Gasteiger partial charge is 0.337 e. The van der Waals surface area contributed by atoms with Gasteiger partial charge in [-0.3, -0.25) is 14.9 Å². The van der Waals surface area contributed by atoms with Crippen LogP contribution in [0.25, 0.3) is 0 Å². The normalized spacial score (nSPS) is 10.1. The summed E-state index contributed by atoms with van der Waals surface area (Å²) in [5.41, 5.74) is 1.35. The Hall–Kier alpha value is -3.42. The minimum absolute atomic E-state index is 0.0878. The van der Waals surface area contributed by atoms with Gasteiger partial charge in [0.05, 0.1) is 17.6 Å². The zero-order valence-corrected chi connectivity index (χ0v) is 14.4. The number of hydrogen-bond acceptors (Lipinski definition) is 6. The number of nitro groups is 1. The van der Waals surface area contributed by atoms with Crippen LogP contribution in [0.3, 0.4) is 0 Å². The molecule has 0 radical (unpaired) electrons. The number of amides is 1. The van der Waals surface area contributed by atoms with Gasteiger partial charge in [-0.2, -0.15) is 0 Å². The number of aryl methyl sites for hydroxylation is 1. The summed E-state index contributed by atoms with van der Waals surface area (Å²) in [5, 5.41) is 13.8. The number of ether oxygens (including phenoxy) is 2. The maximum atomic E-state index is 12.1. The number of rotatable bonds is 7. The van der Waals surface area contributed by atoms with E-state index in [4.69, 9.17) is 4.74 Å². The number of nitrogens with zero attached hydrogens (tertiary/aromatic N) is 1. The lowest BCUT2D eigenvalue weighted by Gasteiger charge is -2.11. The minimum Gasteiger partial charge on any atom is -0.477 e. The van der Waals surface area contributed by atoms with Gasteiger partial charge in [0.15, 0.2) is 12.4 Å². The van der Waals surface area contributed by atoms with Crippen molar-refractivity contribution >= 4 is 23.3 Å². The number of nitro benzene ring substituents is 1. The zero-order chi connectivity index (χ0) is 19.1. The highest BCUT2D eigenvalue weighted by Gasteiger charge is 2.19. The number of para-hydroxylation sites is 1. The van der Waals surface area contributed by atoms with Crippen molar-refractivity contribution in [2.75, 3.05) is 19.0 Å². The molecule has 136 valence electrons. The molecule has 0 aliphatic rings. The van der Waals surface area contributed by atoms with E-state index >= 15 is 0 Å². The van der Waals surface area contributed by atoms with Crippen molar-refractivity contribution in [1.82, 2.24) is 0 Å². The fourth-order valence-corrected chi connectivity index (χ4v) is 2.31. The predicted molar refractivity (Wildman–Crippen MR) is 94.4 cm³/mol. The average molecular weight is 358 g/mol. The van der Waals surface area contributed by atoms with Crippen molar-refractivity contribution in [3.8, 4) is 5.75 Å². The second-order valence-electron chi connectivity index (χ2n) is 5.28. The van der Waals surface area contributed by atoms with Gasteiger partial charge in [0.2, 0.25) is 0 Å². The average Bonchev–Trinajstić information content (AvgIpc) is 2.65. The Balaban J connectivity index is 2.13. The molecule has 0 saturated carbocycles. The van der Waals surface area contributed by atoms with Gasteiger partial charge in [-0.1, -0.05) is 25.1 Å². The molecule has 0 aliphatic heterocycles. The van der Waals surface area contributed by atoms with E-state index in [1.54, 1.807) is 12.1 Å². The first-order valence-electron chi connectivity index (χ1n) is 7.83. The topological polar surface area (TPSA) is 108 Å². The Morgan fingerprint density at radius 1 is 1.19 bits per heavy atom. The molecule has 0 unspecified atom stereocenters. The molecule has 1 N–H and O–H groups in total. The third kappa shape index (κ3) is 4.56. The lowest BCUT2D eigenvalue weighted by Crippen LogP contribution is -2.21. The fraction of sp³-hybridized carbons (Fsp3) is 0.222. The van der Waals surface area contributed by atoms with E-state index in [-0.39, 0.29) is 17.0 Å². The summed E-state index contributed by atoms with van der Waals surface area (Å²) in [6, 6.07) is 10.9. The number of esters is 1. The molecule has 0 heterocycles. The lowest BCUT2D eigenvalue weighted by molar-refractivity contribution is -0.385. The maximum absolute atomic E-state index is 12.1. The first-order chi connectivity index (χ1) is 12.5. The summed E-state index contributed by atoms with van der Waals surface area (Å²) < 4.78 is 9.86. The first kappa shape index (κ1) is 18.9. The molecular formula is C18H18N2O6. The summed E-state index contributed by atoms with van der Waals surface area (Å²) in [5.74, 6) is -1.31. The van der Waals surface area contributed by atoms with E-state index in [1.165, 1.54) is 19.2 Å². The van der Waals surface area contributed by atoms with Crippen LogP contribution in [0.4, 0.5) is 11.4 Å². The fourth-order valence-electron chi connectivity index (χ4n) is 2.31. The Labute approximate surface area is 149 Å². The zero-order valence-electron chi connectivity index (χ0n) is 14.4. The molecule has 0 aliphatic carbocycles. The first-order valence-corrected chi connectivity index (χ1v) is 7.83. The van der Waals surface area contributed by atoms with Crippen LogP contribution in [-0.2, 0) is 16.0 Å². The van der Waals surface area contributed by atoms with Crippen LogP contribution in [0.15, 0.2) is 42.5 Å². The summed E-state index contributed by atoms with van der Waals surface area (Å²) >= 11 is 0. The quantitative estimate of drug-likeness (QED) is 0.463. The van der Waals surface area contributed by atoms with Crippen molar-refractivity contribution in [3.05, 3.63) is 63.7 Å². The van der Waals surface area contributed by atoms with E-state index in [1.807, 2.05) is 19.1 Å². The molecular weight excluding hydrogens is 340 g/mol. The van der Waals surface area contributed by atoms with Gasteiger partial charge in [-0.25, -0.2) is 4.79 Å². The molecule has 26 heavy (non-hydrogen) atoms. The number of benzene rings is 2. The SMILES string of the molecule is CCc1ccccc1NC(=O)COc1cc(C(=O)OC)ccc1[N+](=O)[O-]. The molecule has 8 heteroatoms. The Bertz CT molecular complexity index is 834. The number of methoxy groups -OCH3 is 1. The molecule has 0 saturated heterocycles. The van der Waals surface area contributed by atoms with Crippen molar-refractivity contribution in [1.29, 1.82) is 0 Å². The summed E-state index contributed by atoms with van der Waals surface area (Å²) in [6.45, 7) is 1.52. The Morgan fingerprint density at radius 2 is 1.92 bits per heavy atom. The van der Waals surface area contributed by atoms with Crippen LogP contribution < -0.4 is 10.1 Å². The molecule has 1 amide bonds. The number of anilines is 1. The van der Waals surface area contributed by atoms with E-state index in [0.717, 1.165) is 18.1 Å². The standard InChI is InChI=1S/C18H18N2O6/c1-3-12-6-4-5-7-14(12)19-17(21)11-26-16-10-13(18(22)25-2)8-9-15(16)20(23)24/h4-10H,3,11H2,1-2H3,(H,19,21). The molecule has 2 rings (SSSR count). The second kappa shape index (κ2) is 8.61. The molecule has 0 spiro atoms. The largest absolute Gasteiger partial charge is 0.477 e. The van der Waals surface area contributed by atoms with E-state index in [2.05, 4.69) is 10.1 Å². The number of carbonyl (C=O) groups is 2. The van der Waals surface area contributed by atoms with Crippen LogP contribution in [-0.4, -0.2) is 30.5 Å². The highest BCUT2D eigenvalue weighted by atomic mass is 16.6. The van der Waals surface area contributed by atoms with Crippen molar-refractivity contribution < 1.29 is 24.0 Å². The van der Waals surface area contributed by atoms with Gasteiger partial charge in [0, 0.05) is 17.8 Å². The van der Waals surface area contributed by atoms with Gasteiger partial charge >= 0.3 is 11.7 Å². The lowest BCUT2D eigenvalue weighted by atomic mass is 10.1. The molecule has 2 aromatic rings. The minimum atomic E-state index is -0.661. The molecule has 0 fully saturated rings. The van der Waals surface area contributed by atoms with Gasteiger partial charge in [-0.15, -0.1) is 0 Å². The van der Waals surface area contributed by atoms with Crippen LogP contribution in [0.5, 0.6) is 5.75 Å². The van der Waals surface area contributed by atoms with Crippen molar-refractivity contribution in [2.45, 2.75) is 13.3 Å². The highest BCUT2D eigenvalue weighted by molar-refractivity contribution is 5.93. The van der Waals surface area contributed by atoms with E-state index < -0.39 is 23.4 Å². The van der Waals surface area contributed by atoms with E-state index in [9.17, 15) is 19.7 Å². The van der Waals surface area contributed by atoms with Crippen LogP contribution >= 0.6 is 0 Å². The van der Waals surface area contributed by atoms with Gasteiger partial charge in [0.1, 0.15) is 0 Å². The van der Waals surface area contributed by atoms with Crippen molar-refractivity contribution in [2.24, 2.45) is 0 Å². The Morgan fingerprint density at radius 3 is 2.58 bits per heavy atom. The van der Waals surface area contributed by atoms with Crippen LogP contribution in [0.2, 0.25) is 0 Å². The Kier molecular flexibility index (Phi) is 6.26. The maximum Gasteiger partial charge on any atom is 0.337 e. The van der Waals surface area contributed by atoms with Crippen molar-refractivity contribution in [3.63, 3.8) is 0 Å². The van der Waals surface area contributed by atoms with Gasteiger partial charge in [-0.05, 0) is 24.1 Å². The third-order valence-electron chi connectivity index (χ3n) is 3.61. The summed E-state index contributed by atoms with van der Waals surface area (Å²) in [4.78, 5) is 34.1. The van der Waals surface area contributed by atoms with Gasteiger partial charge < -0.3 is 14.8 Å². The molecule has 8 nitrogen and oxygen atoms in total. The van der Waals surface area contributed by atoms with E-state index in [0.29, 0.717) is 5.69 Å². The molecule has 2 aromatic carbocycles. The molecule has 0 bridgehead atoms. The number of nitrogens with one attached hydrogen (secondary N) is 1. The predicted octanol–water partition coefficient (Wildman–Crippen LogP) is 2.96. The molecule has 0 atom stereocenters. The van der Waals surface area contributed by atoms with Crippen LogP contribution in [0.1, 0.15) is 22.8 Å². The molecule has 0 aromatic heterocycles. The number of hydrogen-bond donors (Lipinski definition) is 1. The second-order valence-corrected chi connectivity index (χ2v) is 5.28. The summed E-state index contributed by atoms with van der Waals surface area (Å²) in [7, 11) is 1.20. The third-order valence-corrected chi connectivity index (χ3v) is 3.61. The monoisotopic (exact) mass is 358 g/mol. The summed E-state index contributed by atoms with van der Waals surface area (Å²) in [6.07, 6.45) is 0.740. The highest BCUT2D eigenvalue weighted by Crippen LogP contribution is 2.28. The number of carbonyl (C=O) groups excluding carboxylic acids is 2.